The van der Waals surface area contributed by atoms with E-state index in [-0.39, 0.29) is 18.3 Å². The first-order valence-corrected chi connectivity index (χ1v) is 6.41. The number of hydrogen-bond donors (Lipinski definition) is 1. The highest BCUT2D eigenvalue weighted by molar-refractivity contribution is 7.64. The van der Waals surface area contributed by atoms with E-state index in [4.69, 9.17) is 14.6 Å². The van der Waals surface area contributed by atoms with E-state index in [1.165, 1.54) is 14.2 Å². The maximum absolute atomic E-state index is 11.9. The highest BCUT2D eigenvalue weighted by Crippen LogP contribution is 2.36. The van der Waals surface area contributed by atoms with Crippen LogP contribution >= 0.6 is 7.80 Å². The maximum atomic E-state index is 11.9. The Bertz CT molecular complexity index is 408. The van der Waals surface area contributed by atoms with Gasteiger partial charge in [0.2, 0.25) is 0 Å². The molecule has 5 nitrogen and oxygen atoms in total. The standard InChI is InChI=1S/C11H14O5P/c1-15-8-4-3-5-9(16-2)10(8)11(13)17(14)7-6-12/h3-5,12H,6-7H2,1-2H3/q+1. The summed E-state index contributed by atoms with van der Waals surface area (Å²) in [6.07, 6.45) is -0.0601. The number of benzene rings is 1. The molecule has 0 bridgehead atoms. The molecule has 0 aliphatic rings. The van der Waals surface area contributed by atoms with E-state index in [1.807, 2.05) is 0 Å². The van der Waals surface area contributed by atoms with Crippen molar-refractivity contribution >= 4 is 13.3 Å². The van der Waals surface area contributed by atoms with Crippen LogP contribution < -0.4 is 9.47 Å². The highest BCUT2D eigenvalue weighted by atomic mass is 31.1. The molecule has 6 heteroatoms. The average molecular weight is 257 g/mol. The molecule has 0 saturated heterocycles. The summed E-state index contributed by atoms with van der Waals surface area (Å²) in [5, 5.41) is 8.69. The molecule has 0 aliphatic carbocycles. The van der Waals surface area contributed by atoms with Gasteiger partial charge in [-0.15, -0.1) is 0 Å². The summed E-state index contributed by atoms with van der Waals surface area (Å²) in [6, 6.07) is 4.86. The zero-order valence-electron chi connectivity index (χ0n) is 9.67. The lowest BCUT2D eigenvalue weighted by Crippen LogP contribution is -2.03. The van der Waals surface area contributed by atoms with Crippen LogP contribution in [-0.4, -0.2) is 37.6 Å². The minimum atomic E-state index is -2.16. The summed E-state index contributed by atoms with van der Waals surface area (Å²) in [5.41, 5.74) is -0.407. The van der Waals surface area contributed by atoms with E-state index in [9.17, 15) is 9.36 Å². The van der Waals surface area contributed by atoms with Gasteiger partial charge in [-0.25, -0.2) is 4.79 Å². The Morgan fingerprint density at radius 3 is 2.24 bits per heavy atom. The molecule has 1 aromatic rings. The predicted molar refractivity (Wildman–Crippen MR) is 63.4 cm³/mol. The normalized spacial score (nSPS) is 10.9. The Morgan fingerprint density at radius 2 is 1.82 bits per heavy atom. The summed E-state index contributed by atoms with van der Waals surface area (Å²) in [7, 11) is 0.682. The van der Waals surface area contributed by atoms with Crippen molar-refractivity contribution in [2.45, 2.75) is 0 Å². The van der Waals surface area contributed by atoms with E-state index in [0.29, 0.717) is 11.5 Å². The van der Waals surface area contributed by atoms with E-state index < -0.39 is 13.3 Å². The minimum Gasteiger partial charge on any atom is -0.496 e. The Morgan fingerprint density at radius 1 is 1.29 bits per heavy atom. The van der Waals surface area contributed by atoms with Crippen LogP contribution in [0.5, 0.6) is 11.5 Å². The van der Waals surface area contributed by atoms with Gasteiger partial charge in [-0.1, -0.05) is 10.6 Å². The van der Waals surface area contributed by atoms with Gasteiger partial charge >= 0.3 is 13.3 Å². The quantitative estimate of drug-likeness (QED) is 0.784. The van der Waals surface area contributed by atoms with Gasteiger partial charge in [-0.3, -0.25) is 0 Å². The number of ether oxygens (including phenoxy) is 2. The van der Waals surface area contributed by atoms with Crippen LogP contribution in [0.25, 0.3) is 0 Å². The van der Waals surface area contributed by atoms with Crippen LogP contribution in [0.1, 0.15) is 10.4 Å². The third-order valence-corrected chi connectivity index (χ3v) is 3.45. The van der Waals surface area contributed by atoms with Crippen molar-refractivity contribution in [1.82, 2.24) is 0 Å². The second-order valence-corrected chi connectivity index (χ2v) is 4.78. The molecule has 0 fully saturated rings. The smallest absolute Gasteiger partial charge is 0.422 e. The molecule has 0 spiro atoms. The topological polar surface area (TPSA) is 72.8 Å². The zero-order chi connectivity index (χ0) is 12.8. The van der Waals surface area contributed by atoms with Gasteiger partial charge in [0.1, 0.15) is 11.5 Å². The van der Waals surface area contributed by atoms with Crippen LogP contribution in [0.15, 0.2) is 18.2 Å². The molecule has 1 unspecified atom stereocenters. The fourth-order valence-corrected chi connectivity index (χ4v) is 2.23. The average Bonchev–Trinajstić information content (AvgIpc) is 2.37. The van der Waals surface area contributed by atoms with Gasteiger partial charge in [0, 0.05) is 0 Å². The Balaban J connectivity index is 3.18. The van der Waals surface area contributed by atoms with Gasteiger partial charge in [-0.2, -0.15) is 0 Å². The molecule has 0 aliphatic heterocycles. The van der Waals surface area contributed by atoms with Crippen molar-refractivity contribution in [3.63, 3.8) is 0 Å². The van der Waals surface area contributed by atoms with Crippen molar-refractivity contribution in [1.29, 1.82) is 0 Å². The summed E-state index contributed by atoms with van der Waals surface area (Å²) < 4.78 is 21.7. The summed E-state index contributed by atoms with van der Waals surface area (Å²) in [4.78, 5) is 11.9. The lowest BCUT2D eigenvalue weighted by atomic mass is 10.2. The van der Waals surface area contributed by atoms with Crippen LogP contribution in [-0.2, 0) is 4.57 Å². The first kappa shape index (κ1) is 13.6. The summed E-state index contributed by atoms with van der Waals surface area (Å²) in [5.74, 6) is 0.631. The molecular formula is C11H14O5P+. The van der Waals surface area contributed by atoms with Crippen molar-refractivity contribution < 1.29 is 23.9 Å². The molecule has 1 atom stereocenters. The highest BCUT2D eigenvalue weighted by Gasteiger charge is 2.34. The van der Waals surface area contributed by atoms with E-state index in [0.717, 1.165) is 0 Å². The predicted octanol–water partition coefficient (Wildman–Crippen LogP) is 1.66. The molecule has 0 saturated carbocycles. The molecular weight excluding hydrogens is 243 g/mol. The van der Waals surface area contributed by atoms with Crippen molar-refractivity contribution in [3.8, 4) is 11.5 Å². The van der Waals surface area contributed by atoms with Crippen molar-refractivity contribution in [2.75, 3.05) is 27.0 Å². The third-order valence-electron chi connectivity index (χ3n) is 2.17. The van der Waals surface area contributed by atoms with Crippen LogP contribution in [0.3, 0.4) is 0 Å². The Kier molecular flexibility index (Phi) is 5.07. The number of aliphatic hydroxyl groups excluding tert-OH is 1. The lowest BCUT2D eigenvalue weighted by Gasteiger charge is -2.07. The summed E-state index contributed by atoms with van der Waals surface area (Å²) >= 11 is 0. The number of methoxy groups -OCH3 is 2. The van der Waals surface area contributed by atoms with E-state index in [2.05, 4.69) is 0 Å². The number of carbonyl (C=O) groups excluding carboxylic acids is 1. The molecule has 0 aromatic heterocycles. The number of aliphatic hydroxyl groups is 1. The van der Waals surface area contributed by atoms with Gasteiger partial charge in [0.05, 0.1) is 20.8 Å². The SMILES string of the molecule is COc1cccc(OC)c1C(=O)[P+](=O)CCO. The Labute approximate surface area is 100 Å². The number of rotatable bonds is 6. The fourth-order valence-electron chi connectivity index (χ4n) is 1.38. The molecule has 0 radical (unpaired) electrons. The summed E-state index contributed by atoms with van der Waals surface area (Å²) in [6.45, 7) is -0.293. The largest absolute Gasteiger partial charge is 0.496 e. The molecule has 17 heavy (non-hydrogen) atoms. The Hall–Kier alpha value is -1.45. The molecule has 92 valence electrons. The first-order valence-electron chi connectivity index (χ1n) is 4.96. The van der Waals surface area contributed by atoms with Gasteiger partial charge in [-0.05, 0) is 12.1 Å². The first-order chi connectivity index (χ1) is 8.15. The molecule has 1 rings (SSSR count). The molecule has 0 heterocycles. The van der Waals surface area contributed by atoms with Crippen LogP contribution in [0, 0.1) is 0 Å². The zero-order valence-corrected chi connectivity index (χ0v) is 10.6. The lowest BCUT2D eigenvalue weighted by molar-refractivity contribution is 0.107. The third kappa shape index (κ3) is 3.02. The number of hydrogen-bond acceptors (Lipinski definition) is 5. The van der Waals surface area contributed by atoms with Crippen LogP contribution in [0.4, 0.5) is 0 Å². The molecule has 1 aromatic carbocycles. The van der Waals surface area contributed by atoms with Gasteiger partial charge in [0.15, 0.2) is 11.7 Å². The van der Waals surface area contributed by atoms with E-state index >= 15 is 0 Å². The van der Waals surface area contributed by atoms with Gasteiger partial charge in [0.25, 0.3) is 0 Å². The van der Waals surface area contributed by atoms with Gasteiger partial charge < -0.3 is 14.6 Å². The molecule has 1 N–H and O–H groups in total. The fraction of sp³-hybridized carbons (Fsp3) is 0.364. The van der Waals surface area contributed by atoms with E-state index in [1.54, 1.807) is 18.2 Å². The second-order valence-electron chi connectivity index (χ2n) is 3.17. The van der Waals surface area contributed by atoms with Crippen molar-refractivity contribution in [3.05, 3.63) is 23.8 Å². The van der Waals surface area contributed by atoms with Crippen molar-refractivity contribution in [2.24, 2.45) is 0 Å². The van der Waals surface area contributed by atoms with Crippen LogP contribution in [0.2, 0.25) is 0 Å². The second kappa shape index (κ2) is 6.33. The maximum Gasteiger partial charge on any atom is 0.422 e. The molecule has 0 amide bonds. The number of carbonyl (C=O) groups is 1. The minimum absolute atomic E-state index is 0.0601. The monoisotopic (exact) mass is 257 g/mol.